The normalized spacial score (nSPS) is 12.3. The molecular weight excluding hydrogens is 238 g/mol. The molecule has 1 heterocycles. The van der Waals surface area contributed by atoms with Gasteiger partial charge in [-0.1, -0.05) is 12.1 Å². The van der Waals surface area contributed by atoms with Crippen LogP contribution < -0.4 is 5.32 Å². The molecule has 2 rings (SSSR count). The molecule has 2 heteroatoms. The number of fused-ring (bicyclic) bond motifs is 1. The molecule has 1 aromatic heterocycles. The minimum absolute atomic E-state index is 0.173. The molecule has 0 spiro atoms. The fraction of sp³-hybridized carbons (Fsp3) is 0.500. The van der Waals surface area contributed by atoms with Crippen molar-refractivity contribution in [2.24, 2.45) is 0 Å². The van der Waals surface area contributed by atoms with E-state index in [0.717, 1.165) is 6.54 Å². The Morgan fingerprint density at radius 3 is 2.22 bits per heavy atom. The lowest BCUT2D eigenvalue weighted by Gasteiger charge is -2.20. The standard InChI is InChI=1S/C16H23NS/c1-10-7-8-11(2)15-14(10)12(3)13(18-15)9-17-16(4,5)6/h7-8,17H,9H2,1-6H3. The molecule has 1 nitrogen and oxygen atoms in total. The first kappa shape index (κ1) is 13.6. The maximum Gasteiger partial charge on any atom is 0.0380 e. The van der Waals surface area contributed by atoms with E-state index in [1.165, 1.54) is 31.7 Å². The Balaban J connectivity index is 2.45. The zero-order chi connectivity index (χ0) is 13.5. The minimum atomic E-state index is 0.173. The number of hydrogen-bond acceptors (Lipinski definition) is 2. The first-order valence-corrected chi connectivity index (χ1v) is 7.34. The van der Waals surface area contributed by atoms with Crippen molar-refractivity contribution in [3.05, 3.63) is 33.7 Å². The summed E-state index contributed by atoms with van der Waals surface area (Å²) in [5.41, 5.74) is 4.41. The number of aryl methyl sites for hydroxylation is 3. The second-order valence-electron chi connectivity index (χ2n) is 6.16. The number of nitrogens with one attached hydrogen (secondary N) is 1. The molecule has 0 aliphatic rings. The second kappa shape index (κ2) is 4.67. The Kier molecular flexibility index (Phi) is 3.52. The molecule has 0 aliphatic carbocycles. The van der Waals surface area contributed by atoms with Gasteiger partial charge in [-0.3, -0.25) is 0 Å². The van der Waals surface area contributed by atoms with Gasteiger partial charge in [-0.15, -0.1) is 11.3 Å². The van der Waals surface area contributed by atoms with Crippen LogP contribution in [0.3, 0.4) is 0 Å². The van der Waals surface area contributed by atoms with Crippen LogP contribution in [0, 0.1) is 20.8 Å². The fourth-order valence-corrected chi connectivity index (χ4v) is 3.53. The van der Waals surface area contributed by atoms with Crippen molar-refractivity contribution >= 4 is 21.4 Å². The van der Waals surface area contributed by atoms with Crippen molar-refractivity contribution in [3.8, 4) is 0 Å². The van der Waals surface area contributed by atoms with Crippen LogP contribution in [-0.2, 0) is 6.54 Å². The van der Waals surface area contributed by atoms with Gasteiger partial charge in [-0.25, -0.2) is 0 Å². The first-order chi connectivity index (χ1) is 8.29. The predicted octanol–water partition coefficient (Wildman–Crippen LogP) is 4.71. The Morgan fingerprint density at radius 1 is 1.06 bits per heavy atom. The van der Waals surface area contributed by atoms with Gasteiger partial charge in [0.05, 0.1) is 0 Å². The molecule has 0 unspecified atom stereocenters. The summed E-state index contributed by atoms with van der Waals surface area (Å²) in [4.78, 5) is 1.47. The summed E-state index contributed by atoms with van der Waals surface area (Å²) < 4.78 is 1.46. The second-order valence-corrected chi connectivity index (χ2v) is 7.26. The van der Waals surface area contributed by atoms with Crippen LogP contribution >= 0.6 is 11.3 Å². The number of thiophene rings is 1. The van der Waals surface area contributed by atoms with E-state index in [4.69, 9.17) is 0 Å². The summed E-state index contributed by atoms with van der Waals surface area (Å²) in [6, 6.07) is 4.47. The zero-order valence-electron chi connectivity index (χ0n) is 12.3. The van der Waals surface area contributed by atoms with E-state index in [2.05, 4.69) is 59.0 Å². The van der Waals surface area contributed by atoms with Crippen molar-refractivity contribution in [2.45, 2.75) is 53.6 Å². The molecule has 0 fully saturated rings. The molecule has 0 atom stereocenters. The van der Waals surface area contributed by atoms with Crippen molar-refractivity contribution in [1.82, 2.24) is 5.32 Å². The SMILES string of the molecule is Cc1ccc(C)c2c(C)c(CNC(C)(C)C)sc12. The van der Waals surface area contributed by atoms with Gasteiger partial charge in [0.25, 0.3) is 0 Å². The summed E-state index contributed by atoms with van der Waals surface area (Å²) in [5.74, 6) is 0. The summed E-state index contributed by atoms with van der Waals surface area (Å²) in [5, 5.41) is 5.05. The third-order valence-corrected chi connectivity index (χ3v) is 4.79. The lowest BCUT2D eigenvalue weighted by Crippen LogP contribution is -2.34. The highest BCUT2D eigenvalue weighted by Crippen LogP contribution is 2.35. The van der Waals surface area contributed by atoms with Gasteiger partial charge < -0.3 is 5.32 Å². The fourth-order valence-electron chi connectivity index (χ4n) is 2.24. The molecule has 1 N–H and O–H groups in total. The largest absolute Gasteiger partial charge is 0.307 e. The highest BCUT2D eigenvalue weighted by molar-refractivity contribution is 7.19. The summed E-state index contributed by atoms with van der Waals surface area (Å²) in [7, 11) is 0. The van der Waals surface area contributed by atoms with E-state index in [-0.39, 0.29) is 5.54 Å². The van der Waals surface area contributed by atoms with Crippen LogP contribution in [-0.4, -0.2) is 5.54 Å². The zero-order valence-corrected chi connectivity index (χ0v) is 13.1. The first-order valence-electron chi connectivity index (χ1n) is 6.53. The molecule has 0 amide bonds. The van der Waals surface area contributed by atoms with Crippen molar-refractivity contribution in [1.29, 1.82) is 0 Å². The maximum atomic E-state index is 3.59. The summed E-state index contributed by atoms with van der Waals surface area (Å²) in [6.45, 7) is 14.3. The van der Waals surface area contributed by atoms with Crippen LogP contribution in [0.1, 0.15) is 42.3 Å². The Bertz CT molecular complexity index is 573. The van der Waals surface area contributed by atoms with Crippen molar-refractivity contribution in [3.63, 3.8) is 0 Å². The predicted molar refractivity (Wildman–Crippen MR) is 82.6 cm³/mol. The van der Waals surface area contributed by atoms with Crippen molar-refractivity contribution < 1.29 is 0 Å². The number of benzene rings is 1. The van der Waals surface area contributed by atoms with E-state index >= 15 is 0 Å². The van der Waals surface area contributed by atoms with E-state index in [1.807, 2.05) is 11.3 Å². The summed E-state index contributed by atoms with van der Waals surface area (Å²) >= 11 is 1.94. The molecule has 0 radical (unpaired) electrons. The van der Waals surface area contributed by atoms with E-state index in [1.54, 1.807) is 0 Å². The van der Waals surface area contributed by atoms with Gasteiger partial charge in [0.15, 0.2) is 0 Å². The lowest BCUT2D eigenvalue weighted by molar-refractivity contribution is 0.426. The van der Waals surface area contributed by atoms with Gasteiger partial charge in [0.2, 0.25) is 0 Å². The molecule has 2 aromatic rings. The highest BCUT2D eigenvalue weighted by atomic mass is 32.1. The Labute approximate surface area is 114 Å². The van der Waals surface area contributed by atoms with Gasteiger partial charge in [0.1, 0.15) is 0 Å². The highest BCUT2D eigenvalue weighted by Gasteiger charge is 2.14. The Hall–Kier alpha value is -0.860. The number of hydrogen-bond donors (Lipinski definition) is 1. The molecule has 0 saturated heterocycles. The smallest absolute Gasteiger partial charge is 0.0380 e. The maximum absolute atomic E-state index is 3.59. The molecule has 0 saturated carbocycles. The van der Waals surface area contributed by atoms with Crippen LogP contribution in [0.2, 0.25) is 0 Å². The van der Waals surface area contributed by atoms with Gasteiger partial charge >= 0.3 is 0 Å². The average molecular weight is 261 g/mol. The Morgan fingerprint density at radius 2 is 1.67 bits per heavy atom. The van der Waals surface area contributed by atoms with Crippen LogP contribution in [0.4, 0.5) is 0 Å². The molecule has 0 aliphatic heterocycles. The van der Waals surface area contributed by atoms with Gasteiger partial charge in [0, 0.05) is 21.7 Å². The molecule has 0 bridgehead atoms. The third kappa shape index (κ3) is 2.60. The molecule has 1 aromatic carbocycles. The van der Waals surface area contributed by atoms with Gasteiger partial charge in [-0.05, 0) is 63.6 Å². The molecule has 98 valence electrons. The van der Waals surface area contributed by atoms with Gasteiger partial charge in [-0.2, -0.15) is 0 Å². The lowest BCUT2D eigenvalue weighted by atomic mass is 10.0. The topological polar surface area (TPSA) is 12.0 Å². The monoisotopic (exact) mass is 261 g/mol. The molecular formula is C16H23NS. The quantitative estimate of drug-likeness (QED) is 0.825. The van der Waals surface area contributed by atoms with Crippen molar-refractivity contribution in [2.75, 3.05) is 0 Å². The average Bonchev–Trinajstić information content (AvgIpc) is 2.59. The van der Waals surface area contributed by atoms with E-state index in [9.17, 15) is 0 Å². The minimum Gasteiger partial charge on any atom is -0.307 e. The third-order valence-electron chi connectivity index (χ3n) is 3.36. The van der Waals surface area contributed by atoms with E-state index < -0.39 is 0 Å². The molecule has 18 heavy (non-hydrogen) atoms. The van der Waals surface area contributed by atoms with Crippen LogP contribution in [0.15, 0.2) is 12.1 Å². The summed E-state index contributed by atoms with van der Waals surface area (Å²) in [6.07, 6.45) is 0. The van der Waals surface area contributed by atoms with E-state index in [0.29, 0.717) is 0 Å². The van der Waals surface area contributed by atoms with Crippen LogP contribution in [0.5, 0.6) is 0 Å². The number of rotatable bonds is 2. The van der Waals surface area contributed by atoms with Crippen LogP contribution in [0.25, 0.3) is 10.1 Å².